The van der Waals surface area contributed by atoms with E-state index < -0.39 is 0 Å². The van der Waals surface area contributed by atoms with E-state index in [0.29, 0.717) is 0 Å². The zero-order chi connectivity index (χ0) is 11.0. The van der Waals surface area contributed by atoms with Crippen LogP contribution in [-0.4, -0.2) is 16.0 Å². The molecule has 0 radical (unpaired) electrons. The number of fused-ring (bicyclic) bond motifs is 3. The van der Waals surface area contributed by atoms with Gasteiger partial charge in [-0.05, 0) is 31.0 Å². The molecular weight excluding hydrogens is 216 g/mol. The molecule has 0 saturated heterocycles. The second-order valence-electron chi connectivity index (χ2n) is 3.95. The zero-order valence-electron chi connectivity index (χ0n) is 9.10. The van der Waals surface area contributed by atoms with Gasteiger partial charge in [0, 0.05) is 16.2 Å². The molecule has 1 aliphatic heterocycles. The molecule has 0 fully saturated rings. The number of nitrogens with zero attached hydrogens (tertiary/aromatic N) is 2. The summed E-state index contributed by atoms with van der Waals surface area (Å²) >= 11 is 1.90. The lowest BCUT2D eigenvalue weighted by Crippen LogP contribution is -1.97. The lowest BCUT2D eigenvalue weighted by Gasteiger charge is -2.06. The molecule has 3 heteroatoms. The Kier molecular flexibility index (Phi) is 2.40. The predicted octanol–water partition coefficient (Wildman–Crippen LogP) is 3.10. The lowest BCUT2D eigenvalue weighted by atomic mass is 10.0. The van der Waals surface area contributed by atoms with Crippen LogP contribution in [0.4, 0.5) is 0 Å². The molecule has 0 aliphatic carbocycles. The predicted molar refractivity (Wildman–Crippen MR) is 66.6 cm³/mol. The first-order valence-corrected chi connectivity index (χ1v) is 6.38. The molecule has 1 aromatic heterocycles. The SMILES string of the molecule is Cc1cc2c(nn1)-c1ccccc1SCC2. The largest absolute Gasteiger partial charge is 0.155 e. The van der Waals surface area contributed by atoms with Crippen molar-refractivity contribution in [1.29, 1.82) is 0 Å². The van der Waals surface area contributed by atoms with Gasteiger partial charge in [-0.2, -0.15) is 5.10 Å². The first kappa shape index (κ1) is 9.85. The Balaban J connectivity index is 2.25. The average Bonchev–Trinajstić information content (AvgIpc) is 2.47. The molecule has 0 amide bonds. The van der Waals surface area contributed by atoms with Crippen LogP contribution in [-0.2, 0) is 6.42 Å². The molecule has 2 nitrogen and oxygen atoms in total. The van der Waals surface area contributed by atoms with Crippen LogP contribution in [0, 0.1) is 6.92 Å². The Bertz CT molecular complexity index is 537. The number of thioether (sulfide) groups is 1. The van der Waals surface area contributed by atoms with Crippen molar-refractivity contribution in [1.82, 2.24) is 10.2 Å². The van der Waals surface area contributed by atoms with Crippen LogP contribution in [0.2, 0.25) is 0 Å². The highest BCUT2D eigenvalue weighted by Crippen LogP contribution is 2.35. The number of hydrogen-bond donors (Lipinski definition) is 0. The Morgan fingerprint density at radius 2 is 2.06 bits per heavy atom. The Labute approximate surface area is 99.1 Å². The van der Waals surface area contributed by atoms with Crippen LogP contribution in [0.15, 0.2) is 35.2 Å². The highest BCUT2D eigenvalue weighted by molar-refractivity contribution is 7.99. The molecule has 2 heterocycles. The second-order valence-corrected chi connectivity index (χ2v) is 5.09. The maximum atomic E-state index is 4.36. The summed E-state index contributed by atoms with van der Waals surface area (Å²) in [5, 5.41) is 8.53. The van der Waals surface area contributed by atoms with Gasteiger partial charge in [0.2, 0.25) is 0 Å². The molecule has 3 rings (SSSR count). The third-order valence-electron chi connectivity index (χ3n) is 2.77. The maximum Gasteiger partial charge on any atom is 0.0973 e. The summed E-state index contributed by atoms with van der Waals surface area (Å²) in [6, 6.07) is 10.6. The van der Waals surface area contributed by atoms with Crippen LogP contribution in [0.3, 0.4) is 0 Å². The fourth-order valence-electron chi connectivity index (χ4n) is 2.02. The molecule has 2 aromatic rings. The number of aryl methyl sites for hydroxylation is 2. The van der Waals surface area contributed by atoms with Crippen molar-refractivity contribution >= 4 is 11.8 Å². The third kappa shape index (κ3) is 1.61. The second kappa shape index (κ2) is 3.91. The van der Waals surface area contributed by atoms with E-state index in [1.807, 2.05) is 18.7 Å². The van der Waals surface area contributed by atoms with Gasteiger partial charge in [-0.1, -0.05) is 18.2 Å². The van der Waals surface area contributed by atoms with Gasteiger partial charge in [0.1, 0.15) is 0 Å². The summed E-state index contributed by atoms with van der Waals surface area (Å²) in [4.78, 5) is 1.32. The normalized spacial score (nSPS) is 13.8. The first-order valence-electron chi connectivity index (χ1n) is 5.40. The zero-order valence-corrected chi connectivity index (χ0v) is 9.92. The van der Waals surface area contributed by atoms with Crippen LogP contribution >= 0.6 is 11.8 Å². The van der Waals surface area contributed by atoms with Gasteiger partial charge in [-0.25, -0.2) is 0 Å². The van der Waals surface area contributed by atoms with Gasteiger partial charge < -0.3 is 0 Å². The molecule has 16 heavy (non-hydrogen) atoms. The van der Waals surface area contributed by atoms with Gasteiger partial charge >= 0.3 is 0 Å². The summed E-state index contributed by atoms with van der Waals surface area (Å²) in [6.07, 6.45) is 1.07. The van der Waals surface area contributed by atoms with E-state index in [4.69, 9.17) is 0 Å². The Morgan fingerprint density at radius 3 is 3.00 bits per heavy atom. The average molecular weight is 228 g/mol. The van der Waals surface area contributed by atoms with Crippen molar-refractivity contribution in [2.24, 2.45) is 0 Å². The Morgan fingerprint density at radius 1 is 1.19 bits per heavy atom. The minimum Gasteiger partial charge on any atom is -0.155 e. The minimum absolute atomic E-state index is 1.00. The van der Waals surface area contributed by atoms with Crippen molar-refractivity contribution < 1.29 is 0 Å². The van der Waals surface area contributed by atoms with Gasteiger partial charge in [0.15, 0.2) is 0 Å². The topological polar surface area (TPSA) is 25.8 Å². The van der Waals surface area contributed by atoms with Gasteiger partial charge in [0.05, 0.1) is 11.4 Å². The number of hydrogen-bond acceptors (Lipinski definition) is 3. The molecule has 80 valence electrons. The van der Waals surface area contributed by atoms with E-state index in [9.17, 15) is 0 Å². The van der Waals surface area contributed by atoms with Crippen LogP contribution in [0.1, 0.15) is 11.3 Å². The highest BCUT2D eigenvalue weighted by atomic mass is 32.2. The Hall–Kier alpha value is -1.35. The molecule has 0 unspecified atom stereocenters. The molecule has 1 aliphatic rings. The van der Waals surface area contributed by atoms with Crippen molar-refractivity contribution in [2.75, 3.05) is 5.75 Å². The van der Waals surface area contributed by atoms with Crippen LogP contribution in [0.5, 0.6) is 0 Å². The number of aromatic nitrogens is 2. The standard InChI is InChI=1S/C13H12N2S/c1-9-8-10-6-7-16-12-5-3-2-4-11(12)13(10)15-14-9/h2-5,8H,6-7H2,1H3. The summed E-state index contributed by atoms with van der Waals surface area (Å²) < 4.78 is 0. The van der Waals surface area contributed by atoms with Crippen LogP contribution in [0.25, 0.3) is 11.3 Å². The van der Waals surface area contributed by atoms with Crippen molar-refractivity contribution in [3.63, 3.8) is 0 Å². The smallest absolute Gasteiger partial charge is 0.0973 e. The van der Waals surface area contributed by atoms with E-state index >= 15 is 0 Å². The van der Waals surface area contributed by atoms with Crippen molar-refractivity contribution in [3.8, 4) is 11.3 Å². The monoisotopic (exact) mass is 228 g/mol. The molecule has 0 bridgehead atoms. The van der Waals surface area contributed by atoms with E-state index in [2.05, 4.69) is 40.5 Å². The number of rotatable bonds is 0. The quantitative estimate of drug-likeness (QED) is 0.693. The maximum absolute atomic E-state index is 4.36. The van der Waals surface area contributed by atoms with Gasteiger partial charge in [0.25, 0.3) is 0 Å². The summed E-state index contributed by atoms with van der Waals surface area (Å²) in [5.74, 6) is 1.12. The number of benzene rings is 1. The summed E-state index contributed by atoms with van der Waals surface area (Å²) in [5.41, 5.74) is 4.62. The highest BCUT2D eigenvalue weighted by Gasteiger charge is 2.15. The third-order valence-corrected chi connectivity index (χ3v) is 3.84. The summed E-state index contributed by atoms with van der Waals surface area (Å²) in [7, 11) is 0. The fraction of sp³-hybridized carbons (Fsp3) is 0.231. The molecular formula is C13H12N2S. The van der Waals surface area contributed by atoms with Crippen LogP contribution < -0.4 is 0 Å². The fourth-order valence-corrected chi connectivity index (χ4v) is 3.06. The van der Waals surface area contributed by atoms with E-state index in [-0.39, 0.29) is 0 Å². The first-order chi connectivity index (χ1) is 7.84. The minimum atomic E-state index is 1.00. The molecule has 1 aromatic carbocycles. The molecule has 0 saturated carbocycles. The lowest BCUT2D eigenvalue weighted by molar-refractivity contribution is 0.954. The van der Waals surface area contributed by atoms with Crippen molar-refractivity contribution in [2.45, 2.75) is 18.2 Å². The summed E-state index contributed by atoms with van der Waals surface area (Å²) in [6.45, 7) is 2.00. The molecule has 0 atom stereocenters. The van der Waals surface area contributed by atoms with E-state index in [1.165, 1.54) is 16.0 Å². The van der Waals surface area contributed by atoms with E-state index in [1.54, 1.807) is 0 Å². The molecule has 0 spiro atoms. The van der Waals surface area contributed by atoms with Gasteiger partial charge in [-0.15, -0.1) is 16.9 Å². The molecule has 0 N–H and O–H groups in total. The van der Waals surface area contributed by atoms with Gasteiger partial charge in [-0.3, -0.25) is 0 Å². The van der Waals surface area contributed by atoms with E-state index in [0.717, 1.165) is 23.6 Å². The van der Waals surface area contributed by atoms with Crippen molar-refractivity contribution in [3.05, 3.63) is 41.6 Å².